The van der Waals surface area contributed by atoms with Crippen molar-refractivity contribution in [3.8, 4) is 0 Å². The number of fused-ring (bicyclic) bond motifs is 3. The molecule has 7 atom stereocenters. The highest BCUT2D eigenvalue weighted by Gasteiger charge is 2.75. The highest BCUT2D eigenvalue weighted by Crippen LogP contribution is 2.57. The van der Waals surface area contributed by atoms with Crippen LogP contribution in [0.2, 0.25) is 0 Å². The molecule has 2 saturated heterocycles. The summed E-state index contributed by atoms with van der Waals surface area (Å²) in [5.41, 5.74) is -1.09. The standard InChI is InChI=1S/C30H37N5O6/c1-4-19(2)22(17-36)35-25-27(38)33(18-34-21-12-7-6-11-20(21)31-32-34)15-10-14-30(25)23(26(35)37)24-28(39)40-16-9-5-8-13-29(24,3)41-30/h6-8,10-14,19,22-25,36H,4-5,9,15-18H2,1-3H3/b13-8-/t19-,22-,23-,24+,25?,29-,30-/m0/s1. The molecule has 4 aliphatic rings. The zero-order chi connectivity index (χ0) is 28.9. The van der Waals surface area contributed by atoms with E-state index in [4.69, 9.17) is 9.47 Å². The maximum atomic E-state index is 14.6. The van der Waals surface area contributed by atoms with Crippen LogP contribution in [0.5, 0.6) is 0 Å². The summed E-state index contributed by atoms with van der Waals surface area (Å²) in [4.78, 5) is 45.9. The highest BCUT2D eigenvalue weighted by atomic mass is 16.6. The molecule has 4 aliphatic heterocycles. The summed E-state index contributed by atoms with van der Waals surface area (Å²) in [5.74, 6) is -3.26. The molecule has 11 heteroatoms. The van der Waals surface area contributed by atoms with Crippen molar-refractivity contribution in [2.24, 2.45) is 17.8 Å². The van der Waals surface area contributed by atoms with E-state index in [0.29, 0.717) is 24.8 Å². The topological polar surface area (TPSA) is 127 Å². The van der Waals surface area contributed by atoms with Crippen molar-refractivity contribution in [2.75, 3.05) is 19.8 Å². The third kappa shape index (κ3) is 4.20. The van der Waals surface area contributed by atoms with Gasteiger partial charge in [0.05, 0.1) is 36.3 Å². The van der Waals surface area contributed by atoms with Gasteiger partial charge in [-0.2, -0.15) is 0 Å². The zero-order valence-corrected chi connectivity index (χ0v) is 23.7. The van der Waals surface area contributed by atoms with Gasteiger partial charge in [-0.3, -0.25) is 14.4 Å². The van der Waals surface area contributed by atoms with Gasteiger partial charge in [0.25, 0.3) is 5.91 Å². The maximum absolute atomic E-state index is 14.6. The molecule has 1 aromatic carbocycles. The van der Waals surface area contributed by atoms with Gasteiger partial charge in [0.15, 0.2) is 0 Å². The Morgan fingerprint density at radius 1 is 1.12 bits per heavy atom. The Kier molecular flexibility index (Phi) is 6.97. The predicted molar refractivity (Wildman–Crippen MR) is 148 cm³/mol. The fourth-order valence-corrected chi connectivity index (χ4v) is 7.10. The van der Waals surface area contributed by atoms with Gasteiger partial charge in [-0.15, -0.1) is 5.10 Å². The minimum Gasteiger partial charge on any atom is -0.465 e. The van der Waals surface area contributed by atoms with Crippen LogP contribution >= 0.6 is 0 Å². The lowest BCUT2D eigenvalue weighted by Gasteiger charge is -2.41. The molecule has 0 radical (unpaired) electrons. The number of amides is 2. The number of rotatable bonds is 6. The van der Waals surface area contributed by atoms with Crippen molar-refractivity contribution < 1.29 is 29.0 Å². The summed E-state index contributed by atoms with van der Waals surface area (Å²) >= 11 is 0. The second-order valence-electron chi connectivity index (χ2n) is 11.8. The second-order valence-corrected chi connectivity index (χ2v) is 11.8. The number of nitrogens with zero attached hydrogens (tertiary/aromatic N) is 5. The van der Waals surface area contributed by atoms with Crippen LogP contribution in [0.4, 0.5) is 0 Å². The number of para-hydroxylation sites is 1. The Labute approximate surface area is 238 Å². The number of allylic oxidation sites excluding steroid dienone is 1. The number of hydrogen-bond donors (Lipinski definition) is 1. The molecule has 2 aromatic rings. The first kappa shape index (κ1) is 27.6. The van der Waals surface area contributed by atoms with Crippen LogP contribution in [0.3, 0.4) is 0 Å². The number of hydrogen-bond acceptors (Lipinski definition) is 8. The van der Waals surface area contributed by atoms with Crippen molar-refractivity contribution >= 4 is 28.8 Å². The lowest BCUT2D eigenvalue weighted by atomic mass is 9.74. The van der Waals surface area contributed by atoms with Gasteiger partial charge in [0.2, 0.25) is 5.91 Å². The van der Waals surface area contributed by atoms with E-state index in [-0.39, 0.29) is 44.2 Å². The second kappa shape index (κ2) is 10.4. The Morgan fingerprint density at radius 3 is 2.71 bits per heavy atom. The lowest BCUT2D eigenvalue weighted by molar-refractivity contribution is -0.162. The summed E-state index contributed by atoms with van der Waals surface area (Å²) < 4.78 is 14.1. The molecule has 1 aromatic heterocycles. The number of ether oxygens (including phenoxy) is 2. The van der Waals surface area contributed by atoms with Crippen molar-refractivity contribution in [1.82, 2.24) is 24.8 Å². The normalized spacial score (nSPS) is 33.8. The number of aliphatic hydroxyl groups excluding tert-OH is 1. The van der Waals surface area contributed by atoms with E-state index >= 15 is 0 Å². The zero-order valence-electron chi connectivity index (χ0n) is 23.7. The molecule has 2 fully saturated rings. The number of aliphatic hydroxyl groups is 1. The molecule has 1 N–H and O–H groups in total. The molecule has 1 spiro atoms. The predicted octanol–water partition coefficient (Wildman–Crippen LogP) is 2.06. The van der Waals surface area contributed by atoms with Gasteiger partial charge >= 0.3 is 5.97 Å². The first-order chi connectivity index (χ1) is 19.8. The number of cyclic esters (lactones) is 1. The Morgan fingerprint density at radius 2 is 1.93 bits per heavy atom. The van der Waals surface area contributed by atoms with Crippen molar-refractivity contribution in [3.05, 3.63) is 48.6 Å². The fourth-order valence-electron chi connectivity index (χ4n) is 7.10. The van der Waals surface area contributed by atoms with E-state index in [1.54, 1.807) is 22.6 Å². The molecule has 41 heavy (non-hydrogen) atoms. The third-order valence-electron chi connectivity index (χ3n) is 9.34. The van der Waals surface area contributed by atoms with Crippen LogP contribution in [-0.2, 0) is 30.5 Å². The van der Waals surface area contributed by atoms with Gasteiger partial charge in [0, 0.05) is 6.54 Å². The van der Waals surface area contributed by atoms with Crippen LogP contribution in [0.25, 0.3) is 11.0 Å². The average molecular weight is 564 g/mol. The summed E-state index contributed by atoms with van der Waals surface area (Å²) in [7, 11) is 0. The van der Waals surface area contributed by atoms with Crippen LogP contribution in [0.15, 0.2) is 48.6 Å². The largest absolute Gasteiger partial charge is 0.465 e. The first-order valence-corrected chi connectivity index (χ1v) is 14.5. The van der Waals surface area contributed by atoms with Crippen molar-refractivity contribution in [1.29, 1.82) is 0 Å². The van der Waals surface area contributed by atoms with Crippen LogP contribution in [-0.4, -0.2) is 90.7 Å². The fraction of sp³-hybridized carbons (Fsp3) is 0.567. The number of aromatic nitrogens is 3. The minimum absolute atomic E-state index is 0.105. The Bertz CT molecular complexity index is 1420. The number of benzene rings is 1. The van der Waals surface area contributed by atoms with Crippen LogP contribution < -0.4 is 0 Å². The average Bonchev–Trinajstić information content (AvgIpc) is 3.53. The molecule has 0 bridgehead atoms. The molecule has 2 amide bonds. The van der Waals surface area contributed by atoms with Gasteiger partial charge in [-0.05, 0) is 37.8 Å². The summed E-state index contributed by atoms with van der Waals surface area (Å²) in [5, 5.41) is 19.0. The molecular weight excluding hydrogens is 526 g/mol. The number of carbonyl (C=O) groups excluding carboxylic acids is 3. The third-order valence-corrected chi connectivity index (χ3v) is 9.34. The molecule has 218 valence electrons. The van der Waals surface area contributed by atoms with Crippen molar-refractivity contribution in [2.45, 2.75) is 70.0 Å². The quantitative estimate of drug-likeness (QED) is 0.418. The van der Waals surface area contributed by atoms with E-state index in [9.17, 15) is 19.5 Å². The monoisotopic (exact) mass is 563 g/mol. The van der Waals surface area contributed by atoms with Crippen LogP contribution in [0.1, 0.15) is 40.0 Å². The van der Waals surface area contributed by atoms with Gasteiger partial charge in [-0.25, -0.2) is 4.68 Å². The van der Waals surface area contributed by atoms with Crippen LogP contribution in [0, 0.1) is 17.8 Å². The maximum Gasteiger partial charge on any atom is 0.313 e. The Balaban J connectivity index is 1.47. The molecule has 6 rings (SSSR count). The SMILES string of the molecule is CC[C@H](C)[C@H](CO)N1C(=O)[C@@H]2[C@@H]3C(=O)OCCC/C=C\[C@]3(C)O[C@@]23C=CCN(Cn2nnc4ccccc42)C(=O)C13. The molecule has 0 aliphatic carbocycles. The molecular formula is C30H37N5O6. The van der Waals surface area contributed by atoms with E-state index in [1.165, 1.54) is 4.90 Å². The van der Waals surface area contributed by atoms with E-state index in [2.05, 4.69) is 10.3 Å². The van der Waals surface area contributed by atoms with E-state index in [0.717, 1.165) is 5.52 Å². The molecule has 5 heterocycles. The number of carbonyl (C=O) groups is 3. The highest BCUT2D eigenvalue weighted by molar-refractivity contribution is 5.99. The summed E-state index contributed by atoms with van der Waals surface area (Å²) in [6.45, 7) is 6.01. The lowest BCUT2D eigenvalue weighted by Crippen LogP contribution is -2.59. The minimum atomic E-state index is -1.42. The van der Waals surface area contributed by atoms with Crippen molar-refractivity contribution in [3.63, 3.8) is 0 Å². The number of likely N-dealkylation sites (tertiary alicyclic amines) is 1. The molecule has 11 nitrogen and oxygen atoms in total. The van der Waals surface area contributed by atoms with E-state index < -0.39 is 41.1 Å². The van der Waals surface area contributed by atoms with E-state index in [1.807, 2.05) is 56.3 Å². The van der Waals surface area contributed by atoms with Gasteiger partial charge in [-0.1, -0.05) is 61.9 Å². The molecule has 1 unspecified atom stereocenters. The van der Waals surface area contributed by atoms with Gasteiger partial charge < -0.3 is 24.4 Å². The summed E-state index contributed by atoms with van der Waals surface area (Å²) in [6, 6.07) is 5.78. The number of esters is 1. The summed E-state index contributed by atoms with van der Waals surface area (Å²) in [6.07, 6.45) is 9.51. The Hall–Kier alpha value is -3.57. The smallest absolute Gasteiger partial charge is 0.313 e. The molecule has 0 saturated carbocycles. The van der Waals surface area contributed by atoms with Gasteiger partial charge in [0.1, 0.15) is 29.7 Å². The first-order valence-electron chi connectivity index (χ1n) is 14.5.